The molecular formula is C11H20N2. The molecule has 1 heterocycles. The normalized spacial score (nSPS) is 11.6. The molecule has 0 atom stereocenters. The monoisotopic (exact) mass is 180 g/mol. The summed E-state index contributed by atoms with van der Waals surface area (Å²) < 4.78 is 2.14. The molecule has 0 aromatic carbocycles. The highest BCUT2D eigenvalue weighted by molar-refractivity contribution is 5.18. The molecule has 0 saturated heterocycles. The van der Waals surface area contributed by atoms with E-state index in [0.717, 1.165) is 6.54 Å². The summed E-state index contributed by atoms with van der Waals surface area (Å²) in [4.78, 5) is 0. The predicted molar refractivity (Wildman–Crippen MR) is 55.9 cm³/mol. The van der Waals surface area contributed by atoms with Crippen LogP contribution in [0.2, 0.25) is 0 Å². The minimum Gasteiger partial charge on any atom is -0.269 e. The van der Waals surface area contributed by atoms with Gasteiger partial charge in [-0.3, -0.25) is 4.68 Å². The lowest BCUT2D eigenvalue weighted by atomic mass is 10.1. The van der Waals surface area contributed by atoms with Crippen LogP contribution in [-0.4, -0.2) is 9.78 Å². The Hall–Kier alpha value is -0.790. The van der Waals surface area contributed by atoms with Crippen molar-refractivity contribution in [3.05, 3.63) is 17.5 Å². The van der Waals surface area contributed by atoms with E-state index in [-0.39, 0.29) is 0 Å². The summed E-state index contributed by atoms with van der Waals surface area (Å²) >= 11 is 0. The lowest BCUT2D eigenvalue weighted by molar-refractivity contribution is 0.461. The van der Waals surface area contributed by atoms with Crippen LogP contribution in [0.3, 0.4) is 0 Å². The topological polar surface area (TPSA) is 17.8 Å². The van der Waals surface area contributed by atoms with Crippen molar-refractivity contribution < 1.29 is 0 Å². The van der Waals surface area contributed by atoms with Gasteiger partial charge in [0, 0.05) is 12.2 Å². The van der Waals surface area contributed by atoms with Crippen molar-refractivity contribution in [1.82, 2.24) is 9.78 Å². The number of aryl methyl sites for hydroxylation is 1. The van der Waals surface area contributed by atoms with Crippen molar-refractivity contribution in [2.45, 2.75) is 47.1 Å². The van der Waals surface area contributed by atoms with Crippen LogP contribution in [-0.2, 0) is 6.54 Å². The number of rotatable bonds is 3. The smallest absolute Gasteiger partial charge is 0.0521 e. The molecule has 0 N–H and O–H groups in total. The summed E-state index contributed by atoms with van der Waals surface area (Å²) in [6.45, 7) is 12.1. The Kier molecular flexibility index (Phi) is 3.12. The summed E-state index contributed by atoms with van der Waals surface area (Å²) in [6.07, 6.45) is 1.97. The molecule has 2 nitrogen and oxygen atoms in total. The molecule has 0 aliphatic carbocycles. The van der Waals surface area contributed by atoms with Crippen LogP contribution in [0.25, 0.3) is 0 Å². The third-order valence-corrected chi connectivity index (χ3v) is 2.16. The molecule has 2 heteroatoms. The second-order valence-electron chi connectivity index (χ2n) is 4.44. The fourth-order valence-electron chi connectivity index (χ4n) is 1.73. The van der Waals surface area contributed by atoms with Gasteiger partial charge in [-0.2, -0.15) is 5.10 Å². The van der Waals surface area contributed by atoms with E-state index in [9.17, 15) is 0 Å². The molecule has 13 heavy (non-hydrogen) atoms. The van der Waals surface area contributed by atoms with Crippen molar-refractivity contribution in [2.75, 3.05) is 0 Å². The first-order valence-corrected chi connectivity index (χ1v) is 5.04. The lowest BCUT2D eigenvalue weighted by Gasteiger charge is -2.13. The molecule has 0 saturated carbocycles. The van der Waals surface area contributed by atoms with Gasteiger partial charge >= 0.3 is 0 Å². The first-order valence-electron chi connectivity index (χ1n) is 5.04. The molecule has 74 valence electrons. The predicted octanol–water partition coefficient (Wildman–Crippen LogP) is 2.97. The van der Waals surface area contributed by atoms with E-state index in [2.05, 4.69) is 44.4 Å². The molecular weight excluding hydrogens is 160 g/mol. The summed E-state index contributed by atoms with van der Waals surface area (Å²) in [7, 11) is 0. The highest BCUT2D eigenvalue weighted by Gasteiger charge is 2.11. The van der Waals surface area contributed by atoms with Gasteiger partial charge in [-0.25, -0.2) is 0 Å². The van der Waals surface area contributed by atoms with Crippen molar-refractivity contribution in [3.8, 4) is 0 Å². The third kappa shape index (κ3) is 2.33. The van der Waals surface area contributed by atoms with Crippen LogP contribution in [0, 0.1) is 12.8 Å². The van der Waals surface area contributed by atoms with E-state index in [1.165, 1.54) is 11.3 Å². The Morgan fingerprint density at radius 2 is 1.92 bits per heavy atom. The van der Waals surface area contributed by atoms with Crippen LogP contribution >= 0.6 is 0 Å². The van der Waals surface area contributed by atoms with Crippen molar-refractivity contribution in [2.24, 2.45) is 5.92 Å². The second kappa shape index (κ2) is 3.95. The molecule has 0 spiro atoms. The molecule has 0 radical (unpaired) electrons. The molecule has 0 unspecified atom stereocenters. The third-order valence-electron chi connectivity index (χ3n) is 2.16. The second-order valence-corrected chi connectivity index (χ2v) is 4.44. The van der Waals surface area contributed by atoms with E-state index < -0.39 is 0 Å². The maximum absolute atomic E-state index is 4.39. The minimum atomic E-state index is 0.571. The summed E-state index contributed by atoms with van der Waals surface area (Å²) in [5.41, 5.74) is 2.70. The number of hydrogen-bond donors (Lipinski definition) is 0. The largest absolute Gasteiger partial charge is 0.269 e. The van der Waals surface area contributed by atoms with Crippen LogP contribution in [0.4, 0.5) is 0 Å². The van der Waals surface area contributed by atoms with Gasteiger partial charge in [0.1, 0.15) is 0 Å². The number of hydrogen-bond acceptors (Lipinski definition) is 1. The summed E-state index contributed by atoms with van der Waals surface area (Å²) in [5, 5.41) is 4.39. The Bertz CT molecular complexity index is 272. The fraction of sp³-hybridized carbons (Fsp3) is 0.727. The van der Waals surface area contributed by atoms with Gasteiger partial charge in [0.25, 0.3) is 0 Å². The zero-order valence-electron chi connectivity index (χ0n) is 9.33. The SMILES string of the molecule is Cc1cnn(CC(C)C)c1C(C)C. The van der Waals surface area contributed by atoms with Crippen LogP contribution < -0.4 is 0 Å². The van der Waals surface area contributed by atoms with Gasteiger partial charge in [0.15, 0.2) is 0 Å². The van der Waals surface area contributed by atoms with Crippen molar-refractivity contribution >= 4 is 0 Å². The van der Waals surface area contributed by atoms with Crippen LogP contribution in [0.15, 0.2) is 6.20 Å². The maximum Gasteiger partial charge on any atom is 0.0521 e. The fourth-order valence-corrected chi connectivity index (χ4v) is 1.73. The summed E-state index contributed by atoms with van der Waals surface area (Å²) in [5.74, 6) is 1.23. The number of aromatic nitrogens is 2. The minimum absolute atomic E-state index is 0.571. The average Bonchev–Trinajstić information content (AvgIpc) is 2.30. The molecule has 0 fully saturated rings. The van der Waals surface area contributed by atoms with Gasteiger partial charge < -0.3 is 0 Å². The van der Waals surface area contributed by atoms with E-state index in [4.69, 9.17) is 0 Å². The zero-order valence-corrected chi connectivity index (χ0v) is 9.33. The highest BCUT2D eigenvalue weighted by atomic mass is 15.3. The van der Waals surface area contributed by atoms with Gasteiger partial charge in [-0.15, -0.1) is 0 Å². The molecule has 0 aliphatic heterocycles. The first kappa shape index (κ1) is 10.3. The Labute approximate surface area is 81.0 Å². The van der Waals surface area contributed by atoms with E-state index >= 15 is 0 Å². The van der Waals surface area contributed by atoms with Crippen molar-refractivity contribution in [3.63, 3.8) is 0 Å². The average molecular weight is 180 g/mol. The molecule has 1 aromatic heterocycles. The van der Waals surface area contributed by atoms with E-state index in [1.54, 1.807) is 0 Å². The molecule has 1 rings (SSSR count). The Morgan fingerprint density at radius 1 is 1.31 bits per heavy atom. The quantitative estimate of drug-likeness (QED) is 0.699. The Balaban J connectivity index is 2.94. The number of nitrogens with zero attached hydrogens (tertiary/aromatic N) is 2. The highest BCUT2D eigenvalue weighted by Crippen LogP contribution is 2.19. The molecule has 0 bridgehead atoms. The molecule has 0 amide bonds. The van der Waals surface area contributed by atoms with Gasteiger partial charge in [0.05, 0.1) is 6.20 Å². The molecule has 1 aromatic rings. The van der Waals surface area contributed by atoms with E-state index in [1.807, 2.05) is 6.20 Å². The summed E-state index contributed by atoms with van der Waals surface area (Å²) in [6, 6.07) is 0. The van der Waals surface area contributed by atoms with Gasteiger partial charge in [-0.05, 0) is 24.3 Å². The van der Waals surface area contributed by atoms with Gasteiger partial charge in [0.2, 0.25) is 0 Å². The van der Waals surface area contributed by atoms with Crippen LogP contribution in [0.5, 0.6) is 0 Å². The lowest BCUT2D eigenvalue weighted by Crippen LogP contribution is -2.11. The molecule has 0 aliphatic rings. The Morgan fingerprint density at radius 3 is 2.38 bits per heavy atom. The first-order chi connectivity index (χ1) is 6.02. The van der Waals surface area contributed by atoms with Crippen molar-refractivity contribution in [1.29, 1.82) is 0 Å². The maximum atomic E-state index is 4.39. The van der Waals surface area contributed by atoms with Gasteiger partial charge in [-0.1, -0.05) is 27.7 Å². The standard InChI is InChI=1S/C11H20N2/c1-8(2)7-13-11(9(3)4)10(5)6-12-13/h6,8-9H,7H2,1-5H3. The zero-order chi connectivity index (χ0) is 10.0. The van der Waals surface area contributed by atoms with E-state index in [0.29, 0.717) is 11.8 Å². The van der Waals surface area contributed by atoms with Crippen LogP contribution in [0.1, 0.15) is 44.9 Å².